The molecule has 2 rings (SSSR count). The van der Waals surface area contributed by atoms with E-state index in [1.54, 1.807) is 12.1 Å². The minimum absolute atomic E-state index is 0.275. The van der Waals surface area contributed by atoms with Crippen LogP contribution in [0.4, 0.5) is 0 Å². The second-order valence-electron chi connectivity index (χ2n) is 4.44. The molecule has 4 nitrogen and oxygen atoms in total. The molecule has 2 aromatic rings. The van der Waals surface area contributed by atoms with E-state index in [-0.39, 0.29) is 11.5 Å². The Morgan fingerprint density at radius 2 is 1.00 bits per heavy atom. The fourth-order valence-electron chi connectivity index (χ4n) is 1.92. The summed E-state index contributed by atoms with van der Waals surface area (Å²) in [7, 11) is 2.00. The van der Waals surface area contributed by atoms with Crippen LogP contribution in [0.3, 0.4) is 0 Å². The van der Waals surface area contributed by atoms with Crippen LogP contribution in [-0.2, 0) is 6.42 Å². The van der Waals surface area contributed by atoms with Crippen molar-refractivity contribution in [2.75, 3.05) is 14.2 Å². The molecular weight excluding hydrogens is 268 g/mol. The molecule has 0 aromatic heterocycles. The predicted molar refractivity (Wildman–Crippen MR) is 84.8 cm³/mol. The van der Waals surface area contributed by atoms with Crippen molar-refractivity contribution in [2.24, 2.45) is 0 Å². The van der Waals surface area contributed by atoms with Crippen molar-refractivity contribution in [3.05, 3.63) is 58.7 Å². The van der Waals surface area contributed by atoms with Gasteiger partial charge in [-0.05, 0) is 37.1 Å². The normalized spacial score (nSPS) is 9.05. The molecule has 116 valence electrons. The lowest BCUT2D eigenvalue weighted by atomic mass is 10.00. The van der Waals surface area contributed by atoms with Crippen LogP contribution in [0.1, 0.15) is 22.3 Å². The molecule has 0 unspecified atom stereocenters. The van der Waals surface area contributed by atoms with Crippen molar-refractivity contribution in [3.8, 4) is 11.5 Å². The largest absolute Gasteiger partial charge is 0.508 e. The van der Waals surface area contributed by atoms with E-state index in [9.17, 15) is 10.2 Å². The van der Waals surface area contributed by atoms with Crippen molar-refractivity contribution in [2.45, 2.75) is 20.3 Å². The predicted octanol–water partition coefficient (Wildman–Crippen LogP) is 2.52. The summed E-state index contributed by atoms with van der Waals surface area (Å²) >= 11 is 0. The van der Waals surface area contributed by atoms with Gasteiger partial charge in [0.15, 0.2) is 0 Å². The SMILES string of the molecule is CO.CO.Cc1ccc(O)c(Cc2cc(C)ccc2O)c1. The number of hydrogen-bond donors (Lipinski definition) is 4. The first-order valence-electron chi connectivity index (χ1n) is 6.52. The molecule has 0 saturated heterocycles. The van der Waals surface area contributed by atoms with Gasteiger partial charge in [-0.25, -0.2) is 0 Å². The summed E-state index contributed by atoms with van der Waals surface area (Å²) in [6, 6.07) is 11.0. The lowest BCUT2D eigenvalue weighted by Crippen LogP contribution is -1.91. The number of benzene rings is 2. The third-order valence-corrected chi connectivity index (χ3v) is 2.85. The Morgan fingerprint density at radius 1 is 0.667 bits per heavy atom. The number of rotatable bonds is 2. The van der Waals surface area contributed by atoms with Crippen molar-refractivity contribution < 1.29 is 20.4 Å². The van der Waals surface area contributed by atoms with Crippen LogP contribution in [0, 0.1) is 13.8 Å². The Balaban J connectivity index is 0.000000921. The molecule has 0 amide bonds. The Morgan fingerprint density at radius 3 is 1.33 bits per heavy atom. The number of aryl methyl sites for hydroxylation is 2. The van der Waals surface area contributed by atoms with Gasteiger partial charge in [0.1, 0.15) is 11.5 Å². The molecule has 0 saturated carbocycles. The highest BCUT2D eigenvalue weighted by molar-refractivity contribution is 5.44. The van der Waals surface area contributed by atoms with E-state index < -0.39 is 0 Å². The maximum absolute atomic E-state index is 9.77. The van der Waals surface area contributed by atoms with E-state index in [0.717, 1.165) is 36.5 Å². The summed E-state index contributed by atoms with van der Waals surface area (Å²) < 4.78 is 0. The van der Waals surface area contributed by atoms with Crippen LogP contribution >= 0.6 is 0 Å². The molecular formula is C17H24O4. The fraction of sp³-hybridized carbons (Fsp3) is 0.294. The highest BCUT2D eigenvalue weighted by Gasteiger charge is 2.06. The highest BCUT2D eigenvalue weighted by atomic mass is 16.3. The second kappa shape index (κ2) is 9.80. The maximum atomic E-state index is 9.77. The lowest BCUT2D eigenvalue weighted by molar-refractivity contribution is 0.399. The van der Waals surface area contributed by atoms with E-state index >= 15 is 0 Å². The third kappa shape index (κ3) is 5.85. The van der Waals surface area contributed by atoms with E-state index in [1.807, 2.05) is 38.1 Å². The topological polar surface area (TPSA) is 80.9 Å². The molecule has 4 N–H and O–H groups in total. The molecule has 0 fully saturated rings. The van der Waals surface area contributed by atoms with E-state index in [4.69, 9.17) is 10.2 Å². The molecule has 0 heterocycles. The number of aliphatic hydroxyl groups excluding tert-OH is 2. The first-order valence-corrected chi connectivity index (χ1v) is 6.52. The van der Waals surface area contributed by atoms with Crippen LogP contribution < -0.4 is 0 Å². The van der Waals surface area contributed by atoms with Gasteiger partial charge in [0, 0.05) is 20.6 Å². The number of phenols is 2. The van der Waals surface area contributed by atoms with E-state index in [0.29, 0.717) is 6.42 Å². The fourth-order valence-corrected chi connectivity index (χ4v) is 1.92. The molecule has 0 atom stereocenters. The van der Waals surface area contributed by atoms with Gasteiger partial charge < -0.3 is 20.4 Å². The summed E-state index contributed by atoms with van der Waals surface area (Å²) in [5.41, 5.74) is 3.88. The zero-order valence-electron chi connectivity index (χ0n) is 13.0. The average molecular weight is 292 g/mol. The molecule has 0 aliphatic heterocycles. The maximum Gasteiger partial charge on any atom is 0.119 e. The summed E-state index contributed by atoms with van der Waals surface area (Å²) in [6.45, 7) is 3.97. The first kappa shape index (κ1) is 19.0. The molecule has 0 bridgehead atoms. The standard InChI is InChI=1S/C15H16O2.2CH4O/c1-10-3-5-14(16)12(7-10)9-13-8-11(2)4-6-15(13)17;2*1-2/h3-8,16-17H,9H2,1-2H3;2*2H,1H3. The first-order chi connectivity index (χ1) is 10.1. The van der Waals surface area contributed by atoms with Crippen molar-refractivity contribution in [3.63, 3.8) is 0 Å². The van der Waals surface area contributed by atoms with Gasteiger partial charge in [0.25, 0.3) is 0 Å². The molecule has 0 aliphatic carbocycles. The highest BCUT2D eigenvalue weighted by Crippen LogP contribution is 2.26. The monoisotopic (exact) mass is 292 g/mol. The van der Waals surface area contributed by atoms with E-state index in [2.05, 4.69) is 0 Å². The zero-order valence-corrected chi connectivity index (χ0v) is 13.0. The minimum Gasteiger partial charge on any atom is -0.508 e. The lowest BCUT2D eigenvalue weighted by Gasteiger charge is -2.08. The Labute approximate surface area is 126 Å². The van der Waals surface area contributed by atoms with Crippen molar-refractivity contribution in [1.82, 2.24) is 0 Å². The number of phenolic OH excluding ortho intramolecular Hbond substituents is 2. The van der Waals surface area contributed by atoms with Gasteiger partial charge in [-0.2, -0.15) is 0 Å². The Bertz CT molecular complexity index is 501. The van der Waals surface area contributed by atoms with Gasteiger partial charge in [-0.1, -0.05) is 35.4 Å². The molecule has 0 aliphatic rings. The second-order valence-corrected chi connectivity index (χ2v) is 4.44. The molecule has 0 spiro atoms. The number of aliphatic hydroxyl groups is 2. The number of hydrogen-bond acceptors (Lipinski definition) is 4. The van der Waals surface area contributed by atoms with Crippen molar-refractivity contribution in [1.29, 1.82) is 0 Å². The van der Waals surface area contributed by atoms with Gasteiger partial charge in [-0.15, -0.1) is 0 Å². The van der Waals surface area contributed by atoms with Crippen LogP contribution in [0.25, 0.3) is 0 Å². The molecule has 4 heteroatoms. The third-order valence-electron chi connectivity index (χ3n) is 2.85. The summed E-state index contributed by atoms with van der Waals surface area (Å²) in [5, 5.41) is 33.5. The summed E-state index contributed by atoms with van der Waals surface area (Å²) in [6.07, 6.45) is 0.543. The van der Waals surface area contributed by atoms with Crippen molar-refractivity contribution >= 4 is 0 Å². The minimum atomic E-state index is 0.275. The quantitative estimate of drug-likeness (QED) is 0.685. The van der Waals surface area contributed by atoms with Gasteiger partial charge in [-0.3, -0.25) is 0 Å². The summed E-state index contributed by atoms with van der Waals surface area (Å²) in [4.78, 5) is 0. The zero-order chi connectivity index (χ0) is 16.4. The van der Waals surface area contributed by atoms with E-state index in [1.165, 1.54) is 0 Å². The van der Waals surface area contributed by atoms with Gasteiger partial charge in [0.2, 0.25) is 0 Å². The smallest absolute Gasteiger partial charge is 0.119 e. The van der Waals surface area contributed by atoms with Crippen LogP contribution in [0.2, 0.25) is 0 Å². The van der Waals surface area contributed by atoms with Gasteiger partial charge >= 0.3 is 0 Å². The molecule has 0 radical (unpaired) electrons. The number of aromatic hydroxyl groups is 2. The van der Waals surface area contributed by atoms with Crippen LogP contribution in [-0.4, -0.2) is 34.6 Å². The van der Waals surface area contributed by atoms with Crippen LogP contribution in [0.15, 0.2) is 36.4 Å². The Hall–Kier alpha value is -2.04. The van der Waals surface area contributed by atoms with Gasteiger partial charge in [0.05, 0.1) is 0 Å². The average Bonchev–Trinajstić information content (AvgIpc) is 2.51. The summed E-state index contributed by atoms with van der Waals surface area (Å²) in [5.74, 6) is 0.549. The molecule has 2 aromatic carbocycles. The Kier molecular flexibility index (Phi) is 8.85. The van der Waals surface area contributed by atoms with Crippen LogP contribution in [0.5, 0.6) is 11.5 Å². The molecule has 21 heavy (non-hydrogen) atoms.